The Morgan fingerprint density at radius 2 is 2.00 bits per heavy atom. The van der Waals surface area contributed by atoms with Crippen LogP contribution < -0.4 is 14.8 Å². The normalized spacial score (nSPS) is 10.6. The number of hydrogen-bond acceptors (Lipinski definition) is 4. The minimum atomic E-state index is -0.503. The average molecular weight is 285 g/mol. The molecule has 1 aromatic rings. The summed E-state index contributed by atoms with van der Waals surface area (Å²) >= 11 is 0. The van der Waals surface area contributed by atoms with E-state index in [2.05, 4.69) is 12.2 Å². The Kier molecular flexibility index (Phi) is 8.74. The van der Waals surface area contributed by atoms with Crippen molar-refractivity contribution in [2.75, 3.05) is 40.1 Å². The molecule has 0 spiro atoms. The topological polar surface area (TPSA) is 39.7 Å². The minimum Gasteiger partial charge on any atom is -0.493 e. The summed E-state index contributed by atoms with van der Waals surface area (Å²) in [4.78, 5) is 0. The molecule has 0 radical (unpaired) electrons. The second kappa shape index (κ2) is 10.5. The van der Waals surface area contributed by atoms with Gasteiger partial charge >= 0.3 is 0 Å². The summed E-state index contributed by atoms with van der Waals surface area (Å²) in [7, 11) is 1.66. The number of methoxy groups -OCH3 is 1. The molecule has 0 aliphatic heterocycles. The lowest BCUT2D eigenvalue weighted by Crippen LogP contribution is -2.19. The van der Waals surface area contributed by atoms with E-state index in [9.17, 15) is 4.39 Å². The van der Waals surface area contributed by atoms with Gasteiger partial charge in [-0.2, -0.15) is 0 Å². The third-order valence-corrected chi connectivity index (χ3v) is 2.64. The van der Waals surface area contributed by atoms with Gasteiger partial charge in [0.25, 0.3) is 0 Å². The van der Waals surface area contributed by atoms with Crippen LogP contribution in [0.4, 0.5) is 4.39 Å². The van der Waals surface area contributed by atoms with Crippen molar-refractivity contribution in [3.05, 3.63) is 23.8 Å². The fourth-order valence-corrected chi connectivity index (χ4v) is 1.67. The molecule has 0 saturated carbocycles. The molecular weight excluding hydrogens is 261 g/mol. The second-order valence-corrected chi connectivity index (χ2v) is 4.33. The molecule has 4 nitrogen and oxygen atoms in total. The van der Waals surface area contributed by atoms with E-state index in [1.165, 1.54) is 0 Å². The van der Waals surface area contributed by atoms with E-state index < -0.39 is 6.67 Å². The van der Waals surface area contributed by atoms with Crippen molar-refractivity contribution >= 4 is 0 Å². The van der Waals surface area contributed by atoms with Crippen molar-refractivity contribution in [2.24, 2.45) is 0 Å². The molecule has 0 bridgehead atoms. The quantitative estimate of drug-likeness (QED) is 0.634. The third kappa shape index (κ3) is 6.21. The van der Waals surface area contributed by atoms with Gasteiger partial charge in [0, 0.05) is 31.8 Å². The van der Waals surface area contributed by atoms with Gasteiger partial charge in [-0.3, -0.25) is 0 Å². The van der Waals surface area contributed by atoms with Gasteiger partial charge in [-0.15, -0.1) is 0 Å². The van der Waals surface area contributed by atoms with Gasteiger partial charge in [-0.1, -0.05) is 13.0 Å². The number of benzene rings is 1. The van der Waals surface area contributed by atoms with Gasteiger partial charge in [-0.05, 0) is 12.5 Å². The Balaban J connectivity index is 2.64. The van der Waals surface area contributed by atoms with Crippen molar-refractivity contribution in [1.82, 2.24) is 5.32 Å². The van der Waals surface area contributed by atoms with Gasteiger partial charge in [0.15, 0.2) is 0 Å². The van der Waals surface area contributed by atoms with Crippen molar-refractivity contribution in [3.8, 4) is 11.5 Å². The first-order valence-corrected chi connectivity index (χ1v) is 6.96. The Labute approximate surface area is 120 Å². The van der Waals surface area contributed by atoms with Crippen molar-refractivity contribution < 1.29 is 18.6 Å². The Morgan fingerprint density at radius 1 is 1.15 bits per heavy atom. The van der Waals surface area contributed by atoms with Crippen LogP contribution in [0.1, 0.15) is 18.9 Å². The monoisotopic (exact) mass is 285 g/mol. The molecule has 0 saturated heterocycles. The van der Waals surface area contributed by atoms with Crippen LogP contribution in [0.5, 0.6) is 11.5 Å². The highest BCUT2D eigenvalue weighted by Crippen LogP contribution is 2.25. The van der Waals surface area contributed by atoms with Crippen LogP contribution in [0.25, 0.3) is 0 Å². The molecule has 0 unspecified atom stereocenters. The lowest BCUT2D eigenvalue weighted by molar-refractivity contribution is 0.199. The highest BCUT2D eigenvalue weighted by Gasteiger charge is 2.06. The predicted molar refractivity (Wildman–Crippen MR) is 77.3 cm³/mol. The van der Waals surface area contributed by atoms with E-state index in [0.717, 1.165) is 24.3 Å². The molecule has 1 N–H and O–H groups in total. The highest BCUT2D eigenvalue weighted by molar-refractivity contribution is 5.40. The zero-order valence-corrected chi connectivity index (χ0v) is 12.3. The smallest absolute Gasteiger partial charge is 0.127 e. The molecule has 1 aromatic carbocycles. The largest absolute Gasteiger partial charge is 0.493 e. The van der Waals surface area contributed by atoms with E-state index in [-0.39, 0.29) is 6.61 Å². The Bertz CT molecular complexity index is 374. The lowest BCUT2D eigenvalue weighted by Gasteiger charge is -2.13. The Hall–Kier alpha value is -1.33. The second-order valence-electron chi connectivity index (χ2n) is 4.33. The zero-order chi connectivity index (χ0) is 14.6. The molecule has 20 heavy (non-hydrogen) atoms. The van der Waals surface area contributed by atoms with E-state index in [1.807, 2.05) is 18.2 Å². The fraction of sp³-hybridized carbons (Fsp3) is 0.600. The number of halogens is 1. The molecule has 114 valence electrons. The standard InChI is InChI=1S/C15H24FNO3/c1-3-8-19-14-5-4-13(12-17-7-10-18-2)15(11-14)20-9-6-16/h4-5,11,17H,3,6-10,12H2,1-2H3. The number of nitrogens with one attached hydrogen (secondary N) is 1. The van der Waals surface area contributed by atoms with Gasteiger partial charge in [-0.25, -0.2) is 4.39 Å². The van der Waals surface area contributed by atoms with E-state index in [4.69, 9.17) is 14.2 Å². The maximum atomic E-state index is 12.3. The zero-order valence-electron chi connectivity index (χ0n) is 12.3. The van der Waals surface area contributed by atoms with Gasteiger partial charge in [0.05, 0.1) is 13.2 Å². The van der Waals surface area contributed by atoms with Crippen molar-refractivity contribution in [3.63, 3.8) is 0 Å². The summed E-state index contributed by atoms with van der Waals surface area (Å²) < 4.78 is 28.3. The average Bonchev–Trinajstić information content (AvgIpc) is 2.48. The first-order valence-electron chi connectivity index (χ1n) is 6.96. The summed E-state index contributed by atoms with van der Waals surface area (Å²) in [6, 6.07) is 5.67. The highest BCUT2D eigenvalue weighted by atomic mass is 19.1. The van der Waals surface area contributed by atoms with Crippen molar-refractivity contribution in [1.29, 1.82) is 0 Å². The SMILES string of the molecule is CCCOc1ccc(CNCCOC)c(OCCF)c1. The summed E-state index contributed by atoms with van der Waals surface area (Å²) in [6.45, 7) is 4.33. The maximum absolute atomic E-state index is 12.3. The molecule has 0 fully saturated rings. The summed E-state index contributed by atoms with van der Waals surface area (Å²) in [5, 5.41) is 3.24. The van der Waals surface area contributed by atoms with Crippen molar-refractivity contribution in [2.45, 2.75) is 19.9 Å². The van der Waals surface area contributed by atoms with Crippen LogP contribution in [-0.4, -0.2) is 40.1 Å². The first-order chi connectivity index (χ1) is 9.81. The molecule has 0 aliphatic rings. The molecular formula is C15H24FNO3. The maximum Gasteiger partial charge on any atom is 0.127 e. The van der Waals surface area contributed by atoms with E-state index in [1.54, 1.807) is 7.11 Å². The summed E-state index contributed by atoms with van der Waals surface area (Å²) in [5.74, 6) is 1.42. The van der Waals surface area contributed by atoms with Crippen LogP contribution in [0.3, 0.4) is 0 Å². The number of alkyl halides is 1. The number of rotatable bonds is 11. The molecule has 0 aliphatic carbocycles. The van der Waals surface area contributed by atoms with Crippen LogP contribution in [-0.2, 0) is 11.3 Å². The lowest BCUT2D eigenvalue weighted by atomic mass is 10.2. The van der Waals surface area contributed by atoms with Crippen LogP contribution in [0.15, 0.2) is 18.2 Å². The van der Waals surface area contributed by atoms with Gasteiger partial charge in [0.1, 0.15) is 24.8 Å². The van der Waals surface area contributed by atoms with E-state index in [0.29, 0.717) is 25.5 Å². The number of ether oxygens (including phenoxy) is 3. The molecule has 5 heteroatoms. The van der Waals surface area contributed by atoms with E-state index >= 15 is 0 Å². The molecule has 0 amide bonds. The van der Waals surface area contributed by atoms with Gasteiger partial charge in [0.2, 0.25) is 0 Å². The molecule has 0 aromatic heterocycles. The van der Waals surface area contributed by atoms with Crippen LogP contribution in [0.2, 0.25) is 0 Å². The summed E-state index contributed by atoms with van der Waals surface area (Å²) in [5.41, 5.74) is 0.985. The molecule has 1 rings (SSSR count). The molecule has 0 heterocycles. The summed E-state index contributed by atoms with van der Waals surface area (Å²) in [6.07, 6.45) is 0.945. The fourth-order valence-electron chi connectivity index (χ4n) is 1.67. The molecule has 0 atom stereocenters. The first kappa shape index (κ1) is 16.7. The number of hydrogen-bond donors (Lipinski definition) is 1. The Morgan fingerprint density at radius 3 is 2.70 bits per heavy atom. The van der Waals surface area contributed by atoms with Crippen LogP contribution in [0, 0.1) is 0 Å². The van der Waals surface area contributed by atoms with Crippen LogP contribution >= 0.6 is 0 Å². The minimum absolute atomic E-state index is 0.0578. The predicted octanol–water partition coefficient (Wildman–Crippen LogP) is 2.56. The van der Waals surface area contributed by atoms with Gasteiger partial charge < -0.3 is 19.5 Å². The third-order valence-electron chi connectivity index (χ3n) is 2.64.